The number of hydrogen-bond donors (Lipinski definition) is 1. The van der Waals surface area contributed by atoms with Crippen LogP contribution in [0.25, 0.3) is 0 Å². The Hall–Kier alpha value is -0.970. The summed E-state index contributed by atoms with van der Waals surface area (Å²) in [5, 5.41) is 4.37. The molecule has 1 unspecified atom stereocenters. The van der Waals surface area contributed by atoms with Crippen molar-refractivity contribution in [3.63, 3.8) is 0 Å². The van der Waals surface area contributed by atoms with E-state index in [-0.39, 0.29) is 5.37 Å². The second kappa shape index (κ2) is 4.50. The highest BCUT2D eigenvalue weighted by molar-refractivity contribution is 8.03. The first-order chi connectivity index (χ1) is 6.47. The number of hydrogen-bond acceptors (Lipinski definition) is 4. The minimum atomic E-state index is -0.462. The molecule has 0 spiro atoms. The van der Waals surface area contributed by atoms with Crippen LogP contribution in [0, 0.1) is 0 Å². The van der Waals surface area contributed by atoms with Gasteiger partial charge in [-0.05, 0) is 26.2 Å². The summed E-state index contributed by atoms with van der Waals surface area (Å²) in [5.41, 5.74) is -0.462. The zero-order valence-electron chi connectivity index (χ0n) is 8.48. The second-order valence-corrected chi connectivity index (χ2v) is 4.84. The molecule has 1 amide bonds. The van der Waals surface area contributed by atoms with Gasteiger partial charge in [0.2, 0.25) is 0 Å². The molecule has 1 aliphatic rings. The number of nitrogens with one attached hydrogen (secondary N) is 1. The van der Waals surface area contributed by atoms with Crippen LogP contribution in [0.5, 0.6) is 0 Å². The summed E-state index contributed by atoms with van der Waals surface area (Å²) >= 11 is 1.48. The van der Waals surface area contributed by atoms with Crippen LogP contribution in [-0.4, -0.2) is 23.3 Å². The Labute approximate surface area is 87.8 Å². The third-order valence-corrected chi connectivity index (χ3v) is 2.06. The molecule has 1 atom stereocenters. The molecule has 78 valence electrons. The summed E-state index contributed by atoms with van der Waals surface area (Å²) in [7, 11) is 0. The van der Waals surface area contributed by atoms with E-state index in [4.69, 9.17) is 4.74 Å². The SMILES string of the molecule is CC(C)(C)OC(=O)NC1C=NC=CS1. The number of aliphatic imine (C=N–C) groups is 1. The Kier molecular flexibility index (Phi) is 3.57. The molecule has 1 heterocycles. The highest BCUT2D eigenvalue weighted by Crippen LogP contribution is 2.13. The molecule has 1 aliphatic heterocycles. The van der Waals surface area contributed by atoms with Gasteiger partial charge in [0.1, 0.15) is 11.0 Å². The Bertz CT molecular complexity index is 268. The van der Waals surface area contributed by atoms with Crippen molar-refractivity contribution < 1.29 is 9.53 Å². The van der Waals surface area contributed by atoms with Crippen LogP contribution in [0.4, 0.5) is 4.79 Å². The summed E-state index contributed by atoms with van der Waals surface area (Å²) in [4.78, 5) is 15.2. The van der Waals surface area contributed by atoms with Crippen LogP contribution in [-0.2, 0) is 4.74 Å². The van der Waals surface area contributed by atoms with Gasteiger partial charge in [0.25, 0.3) is 0 Å². The lowest BCUT2D eigenvalue weighted by molar-refractivity contribution is 0.0532. The maximum absolute atomic E-state index is 11.3. The molecule has 14 heavy (non-hydrogen) atoms. The quantitative estimate of drug-likeness (QED) is 0.727. The predicted molar refractivity (Wildman–Crippen MR) is 58.4 cm³/mol. The number of alkyl carbamates (subject to hydrolysis) is 1. The van der Waals surface area contributed by atoms with Crippen molar-refractivity contribution in [2.75, 3.05) is 0 Å². The molecule has 5 heteroatoms. The number of thioether (sulfide) groups is 1. The lowest BCUT2D eigenvalue weighted by Gasteiger charge is -2.21. The number of nitrogens with zero attached hydrogens (tertiary/aromatic N) is 1. The minimum Gasteiger partial charge on any atom is -0.444 e. The summed E-state index contributed by atoms with van der Waals surface area (Å²) in [6, 6.07) is 0. The summed E-state index contributed by atoms with van der Waals surface area (Å²) < 4.78 is 5.09. The standard InChI is InChI=1S/C9H14N2O2S/c1-9(2,3)13-8(12)11-7-6-10-4-5-14-7/h4-7H,1-3H3,(H,11,12). The number of carbonyl (C=O) groups is 1. The number of rotatable bonds is 1. The third kappa shape index (κ3) is 4.32. The summed E-state index contributed by atoms with van der Waals surface area (Å²) in [6.45, 7) is 5.48. The average molecular weight is 214 g/mol. The van der Waals surface area contributed by atoms with Crippen molar-refractivity contribution in [2.24, 2.45) is 4.99 Å². The van der Waals surface area contributed by atoms with Gasteiger partial charge in [-0.15, -0.1) is 11.8 Å². The van der Waals surface area contributed by atoms with Crippen LogP contribution in [0.1, 0.15) is 20.8 Å². The summed E-state index contributed by atoms with van der Waals surface area (Å²) in [6.07, 6.45) is 2.92. The van der Waals surface area contributed by atoms with E-state index in [2.05, 4.69) is 10.3 Å². The number of ether oxygens (including phenoxy) is 1. The Morgan fingerprint density at radius 3 is 2.79 bits per heavy atom. The van der Waals surface area contributed by atoms with Crippen molar-refractivity contribution in [1.29, 1.82) is 0 Å². The molecule has 0 saturated carbocycles. The fraction of sp³-hybridized carbons (Fsp3) is 0.556. The number of carbonyl (C=O) groups excluding carboxylic acids is 1. The molecule has 0 radical (unpaired) electrons. The first kappa shape index (κ1) is 11.1. The van der Waals surface area contributed by atoms with Crippen LogP contribution >= 0.6 is 11.8 Å². The minimum absolute atomic E-state index is 0.130. The van der Waals surface area contributed by atoms with Gasteiger partial charge in [0.05, 0.1) is 0 Å². The molecule has 0 aromatic rings. The monoisotopic (exact) mass is 214 g/mol. The van der Waals surface area contributed by atoms with E-state index >= 15 is 0 Å². The van der Waals surface area contributed by atoms with Gasteiger partial charge in [0.15, 0.2) is 0 Å². The largest absolute Gasteiger partial charge is 0.444 e. The highest BCUT2D eigenvalue weighted by atomic mass is 32.2. The smallest absolute Gasteiger partial charge is 0.408 e. The number of amides is 1. The van der Waals surface area contributed by atoms with Gasteiger partial charge >= 0.3 is 6.09 Å². The van der Waals surface area contributed by atoms with Crippen molar-refractivity contribution in [3.05, 3.63) is 11.6 Å². The fourth-order valence-electron chi connectivity index (χ4n) is 0.813. The average Bonchev–Trinajstić information content (AvgIpc) is 2.02. The lowest BCUT2D eigenvalue weighted by atomic mass is 10.2. The van der Waals surface area contributed by atoms with Gasteiger partial charge in [-0.3, -0.25) is 4.99 Å². The molecule has 4 nitrogen and oxygen atoms in total. The predicted octanol–water partition coefficient (Wildman–Crippen LogP) is 2.13. The van der Waals surface area contributed by atoms with Crippen LogP contribution in [0.3, 0.4) is 0 Å². The van der Waals surface area contributed by atoms with E-state index in [1.54, 1.807) is 12.4 Å². The lowest BCUT2D eigenvalue weighted by Crippen LogP contribution is -2.38. The van der Waals surface area contributed by atoms with Crippen molar-refractivity contribution in [1.82, 2.24) is 5.32 Å². The van der Waals surface area contributed by atoms with Crippen LogP contribution < -0.4 is 5.32 Å². The molecule has 0 aliphatic carbocycles. The zero-order valence-corrected chi connectivity index (χ0v) is 9.30. The molecule has 1 N–H and O–H groups in total. The molecule has 0 fully saturated rings. The van der Waals surface area contributed by atoms with Crippen LogP contribution in [0.15, 0.2) is 16.6 Å². The van der Waals surface area contributed by atoms with Gasteiger partial charge < -0.3 is 10.1 Å². The Morgan fingerprint density at radius 2 is 2.29 bits per heavy atom. The van der Waals surface area contributed by atoms with E-state index in [0.29, 0.717) is 0 Å². The molecular formula is C9H14N2O2S. The normalized spacial score (nSPS) is 20.6. The topological polar surface area (TPSA) is 50.7 Å². The zero-order chi connectivity index (χ0) is 10.6. The first-order valence-electron chi connectivity index (χ1n) is 4.31. The molecular weight excluding hydrogens is 200 g/mol. The van der Waals surface area contributed by atoms with E-state index in [1.165, 1.54) is 11.8 Å². The molecule has 0 saturated heterocycles. The van der Waals surface area contributed by atoms with E-state index in [1.807, 2.05) is 26.2 Å². The highest BCUT2D eigenvalue weighted by Gasteiger charge is 2.18. The molecule has 0 aromatic heterocycles. The maximum Gasteiger partial charge on any atom is 0.408 e. The van der Waals surface area contributed by atoms with Crippen LogP contribution in [0.2, 0.25) is 0 Å². The Morgan fingerprint density at radius 1 is 1.57 bits per heavy atom. The van der Waals surface area contributed by atoms with Crippen molar-refractivity contribution in [3.8, 4) is 0 Å². The van der Waals surface area contributed by atoms with Gasteiger partial charge in [-0.2, -0.15) is 0 Å². The van der Waals surface area contributed by atoms with E-state index in [0.717, 1.165) is 0 Å². The van der Waals surface area contributed by atoms with Gasteiger partial charge in [-0.25, -0.2) is 4.79 Å². The third-order valence-electron chi connectivity index (χ3n) is 1.25. The first-order valence-corrected chi connectivity index (χ1v) is 5.25. The van der Waals surface area contributed by atoms with Crippen molar-refractivity contribution >= 4 is 24.1 Å². The fourth-order valence-corrected chi connectivity index (χ4v) is 1.43. The molecule has 0 bridgehead atoms. The maximum atomic E-state index is 11.3. The Balaban J connectivity index is 2.34. The van der Waals surface area contributed by atoms with E-state index < -0.39 is 11.7 Å². The summed E-state index contributed by atoms with van der Waals surface area (Å²) in [5.74, 6) is 0. The molecule has 0 aromatic carbocycles. The second-order valence-electron chi connectivity index (χ2n) is 3.79. The van der Waals surface area contributed by atoms with Crippen molar-refractivity contribution in [2.45, 2.75) is 31.7 Å². The van der Waals surface area contributed by atoms with E-state index in [9.17, 15) is 4.79 Å². The van der Waals surface area contributed by atoms with Gasteiger partial charge in [0, 0.05) is 12.4 Å². The molecule has 1 rings (SSSR count). The van der Waals surface area contributed by atoms with Gasteiger partial charge in [-0.1, -0.05) is 0 Å².